The molecular weight excluding hydrogens is 527 g/mol. The molecule has 0 spiro atoms. The highest BCUT2D eigenvalue weighted by Crippen LogP contribution is 2.34. The van der Waals surface area contributed by atoms with Gasteiger partial charge in [-0.25, -0.2) is 5.43 Å². The minimum atomic E-state index is -0.255. The van der Waals surface area contributed by atoms with Gasteiger partial charge >= 0.3 is 0 Å². The lowest BCUT2D eigenvalue weighted by Crippen LogP contribution is -2.18. The zero-order valence-corrected chi connectivity index (χ0v) is 21.5. The van der Waals surface area contributed by atoms with Crippen LogP contribution in [0.2, 0.25) is 0 Å². The Hall–Kier alpha value is -2.87. The summed E-state index contributed by atoms with van der Waals surface area (Å²) in [6, 6.07) is 21.4. The van der Waals surface area contributed by atoms with Gasteiger partial charge < -0.3 is 9.47 Å². The second-order valence-electron chi connectivity index (χ2n) is 8.56. The van der Waals surface area contributed by atoms with Gasteiger partial charge in [-0.2, -0.15) is 5.10 Å². The first-order valence-corrected chi connectivity index (χ1v) is 11.9. The van der Waals surface area contributed by atoms with E-state index in [9.17, 15) is 4.79 Å². The van der Waals surface area contributed by atoms with Crippen LogP contribution in [0.25, 0.3) is 0 Å². The fraction of sp³-hybridized carbons (Fsp3) is 0.259. The molecule has 0 aromatic heterocycles. The minimum absolute atomic E-state index is 0.0412. The van der Waals surface area contributed by atoms with Gasteiger partial charge in [0, 0.05) is 5.56 Å². The summed E-state index contributed by atoms with van der Waals surface area (Å²) in [5, 5.41) is 4.13. The second kappa shape index (κ2) is 11.3. The first kappa shape index (κ1) is 24.8. The fourth-order valence-corrected chi connectivity index (χ4v) is 3.93. The van der Waals surface area contributed by atoms with Crippen molar-refractivity contribution < 1.29 is 14.3 Å². The summed E-state index contributed by atoms with van der Waals surface area (Å²) in [4.78, 5) is 12.4. The van der Waals surface area contributed by atoms with Crippen LogP contribution in [0, 0.1) is 3.57 Å². The fourth-order valence-electron chi connectivity index (χ4n) is 3.15. The second-order valence-corrected chi connectivity index (χ2v) is 9.73. The third kappa shape index (κ3) is 7.05. The molecular formula is C27H29IN2O3. The molecule has 0 fully saturated rings. The normalized spacial score (nSPS) is 11.4. The maximum absolute atomic E-state index is 12.4. The van der Waals surface area contributed by atoms with E-state index >= 15 is 0 Å². The number of rotatable bonds is 8. The lowest BCUT2D eigenvalue weighted by Gasteiger charge is -2.18. The van der Waals surface area contributed by atoms with Crippen LogP contribution in [0.4, 0.5) is 0 Å². The van der Waals surface area contributed by atoms with Crippen molar-refractivity contribution in [3.8, 4) is 11.5 Å². The lowest BCUT2D eigenvalue weighted by molar-refractivity contribution is 0.0955. The largest absolute Gasteiger partial charge is 0.490 e. The quantitative estimate of drug-likeness (QED) is 0.201. The molecule has 6 heteroatoms. The Morgan fingerprint density at radius 2 is 1.73 bits per heavy atom. The molecule has 0 saturated heterocycles. The number of benzene rings is 3. The predicted octanol–water partition coefficient (Wildman–Crippen LogP) is 6.33. The number of nitrogens with one attached hydrogen (secondary N) is 1. The van der Waals surface area contributed by atoms with Crippen LogP contribution < -0.4 is 14.9 Å². The van der Waals surface area contributed by atoms with Gasteiger partial charge in [-0.1, -0.05) is 63.2 Å². The number of hydrogen-bond acceptors (Lipinski definition) is 4. The number of ether oxygens (including phenoxy) is 2. The molecule has 172 valence electrons. The van der Waals surface area contributed by atoms with Crippen molar-refractivity contribution in [2.45, 2.75) is 39.7 Å². The highest BCUT2D eigenvalue weighted by molar-refractivity contribution is 14.1. The Bertz CT molecular complexity index is 1100. The average molecular weight is 556 g/mol. The van der Waals surface area contributed by atoms with E-state index in [4.69, 9.17) is 9.47 Å². The first-order valence-electron chi connectivity index (χ1n) is 10.8. The standard InChI is InChI=1S/C27H29IN2O3/c1-5-32-24-16-20(15-23(28)25(24)33-18-19-9-7-6-8-10-19)17-29-30-26(31)21-11-13-22(14-12-21)27(2,3)4/h6-17H,5,18H2,1-4H3,(H,30,31)/b29-17-. The number of nitrogens with zero attached hydrogens (tertiary/aromatic N) is 1. The van der Waals surface area contributed by atoms with E-state index in [0.717, 1.165) is 14.7 Å². The number of halogens is 1. The summed E-state index contributed by atoms with van der Waals surface area (Å²) < 4.78 is 12.8. The summed E-state index contributed by atoms with van der Waals surface area (Å²) in [5.41, 5.74) is 6.26. The van der Waals surface area contributed by atoms with Gasteiger partial charge in [0.1, 0.15) is 6.61 Å². The van der Waals surface area contributed by atoms with Gasteiger partial charge in [0.05, 0.1) is 16.4 Å². The molecule has 1 amide bonds. The molecule has 0 radical (unpaired) electrons. The first-order chi connectivity index (χ1) is 15.8. The maximum atomic E-state index is 12.4. The zero-order chi connectivity index (χ0) is 23.8. The molecule has 0 heterocycles. The lowest BCUT2D eigenvalue weighted by atomic mass is 9.87. The topological polar surface area (TPSA) is 59.9 Å². The van der Waals surface area contributed by atoms with Crippen molar-refractivity contribution in [2.75, 3.05) is 6.61 Å². The average Bonchev–Trinajstić information content (AvgIpc) is 2.79. The molecule has 0 atom stereocenters. The molecule has 0 aliphatic rings. The molecule has 3 aromatic rings. The number of hydrazone groups is 1. The van der Waals surface area contributed by atoms with Gasteiger partial charge in [0.25, 0.3) is 5.91 Å². The van der Waals surface area contributed by atoms with Crippen molar-refractivity contribution in [1.82, 2.24) is 5.43 Å². The highest BCUT2D eigenvalue weighted by Gasteiger charge is 2.15. The van der Waals surface area contributed by atoms with Crippen molar-refractivity contribution in [3.63, 3.8) is 0 Å². The van der Waals surface area contributed by atoms with E-state index in [2.05, 4.69) is 53.9 Å². The summed E-state index contributed by atoms with van der Waals surface area (Å²) >= 11 is 2.22. The van der Waals surface area contributed by atoms with Gasteiger partial charge in [-0.3, -0.25) is 4.79 Å². The van der Waals surface area contributed by atoms with E-state index in [1.807, 2.05) is 73.7 Å². The van der Waals surface area contributed by atoms with Gasteiger partial charge in [-0.15, -0.1) is 0 Å². The van der Waals surface area contributed by atoms with Crippen LogP contribution in [0.1, 0.15) is 54.7 Å². The molecule has 3 aromatic carbocycles. The van der Waals surface area contributed by atoms with Crippen molar-refractivity contribution in [2.24, 2.45) is 5.10 Å². The molecule has 0 saturated carbocycles. The van der Waals surface area contributed by atoms with E-state index in [0.29, 0.717) is 30.3 Å². The molecule has 33 heavy (non-hydrogen) atoms. The Morgan fingerprint density at radius 3 is 2.36 bits per heavy atom. The van der Waals surface area contributed by atoms with Crippen molar-refractivity contribution >= 4 is 34.7 Å². The minimum Gasteiger partial charge on any atom is -0.490 e. The smallest absolute Gasteiger partial charge is 0.271 e. The van der Waals surface area contributed by atoms with E-state index < -0.39 is 0 Å². The van der Waals surface area contributed by atoms with Crippen molar-refractivity contribution in [3.05, 3.63) is 92.6 Å². The highest BCUT2D eigenvalue weighted by atomic mass is 127. The third-order valence-electron chi connectivity index (χ3n) is 4.95. The van der Waals surface area contributed by atoms with Crippen LogP contribution in [-0.4, -0.2) is 18.7 Å². The Morgan fingerprint density at radius 1 is 1.03 bits per heavy atom. The zero-order valence-electron chi connectivity index (χ0n) is 19.4. The van der Waals surface area contributed by atoms with E-state index in [-0.39, 0.29) is 11.3 Å². The van der Waals surface area contributed by atoms with Crippen molar-refractivity contribution in [1.29, 1.82) is 0 Å². The summed E-state index contributed by atoms with van der Waals surface area (Å²) in [7, 11) is 0. The van der Waals surface area contributed by atoms with Crippen LogP contribution in [0.15, 0.2) is 71.8 Å². The molecule has 0 aliphatic heterocycles. The van der Waals surface area contributed by atoms with Crippen LogP contribution >= 0.6 is 22.6 Å². The van der Waals surface area contributed by atoms with Gasteiger partial charge in [0.15, 0.2) is 11.5 Å². The number of amides is 1. The van der Waals surface area contributed by atoms with Crippen LogP contribution in [-0.2, 0) is 12.0 Å². The molecule has 5 nitrogen and oxygen atoms in total. The van der Waals surface area contributed by atoms with E-state index in [1.54, 1.807) is 6.21 Å². The van der Waals surface area contributed by atoms with Crippen LogP contribution in [0.5, 0.6) is 11.5 Å². The summed E-state index contributed by atoms with van der Waals surface area (Å²) in [5.74, 6) is 1.08. The number of hydrogen-bond donors (Lipinski definition) is 1. The Kier molecular flexibility index (Phi) is 8.49. The molecule has 0 aliphatic carbocycles. The van der Waals surface area contributed by atoms with Crippen LogP contribution in [0.3, 0.4) is 0 Å². The van der Waals surface area contributed by atoms with E-state index in [1.165, 1.54) is 5.56 Å². The molecule has 3 rings (SSSR count). The predicted molar refractivity (Wildman–Crippen MR) is 141 cm³/mol. The maximum Gasteiger partial charge on any atom is 0.271 e. The molecule has 0 bridgehead atoms. The molecule has 0 unspecified atom stereocenters. The third-order valence-corrected chi connectivity index (χ3v) is 5.75. The SMILES string of the molecule is CCOc1cc(/C=N\NC(=O)c2ccc(C(C)(C)C)cc2)cc(I)c1OCc1ccccc1. The van der Waals surface area contributed by atoms with Gasteiger partial charge in [-0.05, 0) is 75.9 Å². The number of carbonyl (C=O) groups is 1. The number of carbonyl (C=O) groups excluding carboxylic acids is 1. The Balaban J connectivity index is 1.69. The molecule has 1 N–H and O–H groups in total. The summed E-state index contributed by atoms with van der Waals surface area (Å²) in [6.07, 6.45) is 1.60. The Labute approximate surface area is 209 Å². The summed E-state index contributed by atoms with van der Waals surface area (Å²) in [6.45, 7) is 9.32. The van der Waals surface area contributed by atoms with Gasteiger partial charge in [0.2, 0.25) is 0 Å². The monoisotopic (exact) mass is 556 g/mol.